The number of furan rings is 1. The number of sulfone groups is 1. The monoisotopic (exact) mass is 361 g/mol. The van der Waals surface area contributed by atoms with Gasteiger partial charge in [-0.2, -0.15) is 0 Å². The summed E-state index contributed by atoms with van der Waals surface area (Å²) in [6, 6.07) is 11.1. The van der Waals surface area contributed by atoms with Crippen molar-refractivity contribution in [3.63, 3.8) is 0 Å². The quantitative estimate of drug-likeness (QED) is 0.820. The molecule has 1 amide bonds. The number of carbonyl (C=O) groups is 1. The van der Waals surface area contributed by atoms with Crippen LogP contribution in [0.3, 0.4) is 0 Å². The van der Waals surface area contributed by atoms with Gasteiger partial charge in [-0.15, -0.1) is 0 Å². The second kappa shape index (κ2) is 7.04. The largest absolute Gasteiger partial charge is 0.459 e. The van der Waals surface area contributed by atoms with Gasteiger partial charge in [0, 0.05) is 12.6 Å². The fourth-order valence-corrected chi connectivity index (χ4v) is 4.87. The van der Waals surface area contributed by atoms with Gasteiger partial charge in [-0.1, -0.05) is 38.1 Å². The molecule has 2 aromatic rings. The molecule has 1 fully saturated rings. The minimum Gasteiger partial charge on any atom is -0.459 e. The highest BCUT2D eigenvalue weighted by Gasteiger charge is 2.35. The van der Waals surface area contributed by atoms with Crippen molar-refractivity contribution in [2.24, 2.45) is 0 Å². The smallest absolute Gasteiger partial charge is 0.290 e. The van der Waals surface area contributed by atoms with Crippen molar-refractivity contribution in [2.75, 3.05) is 11.5 Å². The van der Waals surface area contributed by atoms with E-state index in [2.05, 4.69) is 26.0 Å². The number of nitrogens with zero attached hydrogens (tertiary/aromatic N) is 1. The van der Waals surface area contributed by atoms with Crippen molar-refractivity contribution in [2.45, 2.75) is 38.8 Å². The lowest BCUT2D eigenvalue weighted by atomic mass is 10.0. The number of carbonyl (C=O) groups excluding carboxylic acids is 1. The molecule has 1 aliphatic rings. The molecule has 5 nitrogen and oxygen atoms in total. The number of amides is 1. The zero-order valence-corrected chi connectivity index (χ0v) is 15.3. The molecule has 1 saturated heterocycles. The molecule has 0 saturated carbocycles. The first-order valence-electron chi connectivity index (χ1n) is 8.49. The molecule has 0 bridgehead atoms. The topological polar surface area (TPSA) is 67.6 Å². The van der Waals surface area contributed by atoms with Gasteiger partial charge in [-0.05, 0) is 35.6 Å². The Bertz CT molecular complexity index is 823. The molecule has 0 unspecified atom stereocenters. The van der Waals surface area contributed by atoms with E-state index in [0.29, 0.717) is 18.9 Å². The van der Waals surface area contributed by atoms with Gasteiger partial charge in [-0.25, -0.2) is 8.42 Å². The Balaban J connectivity index is 1.84. The predicted octanol–water partition coefficient (Wildman–Crippen LogP) is 3.23. The van der Waals surface area contributed by atoms with Crippen LogP contribution in [0, 0.1) is 0 Å². The van der Waals surface area contributed by atoms with Crippen molar-refractivity contribution in [1.29, 1.82) is 0 Å². The third-order valence-corrected chi connectivity index (χ3v) is 6.39. The maximum Gasteiger partial charge on any atom is 0.290 e. The average Bonchev–Trinajstić information content (AvgIpc) is 3.22. The summed E-state index contributed by atoms with van der Waals surface area (Å²) in [4.78, 5) is 14.5. The molecular weight excluding hydrogens is 338 g/mol. The highest BCUT2D eigenvalue weighted by atomic mass is 32.2. The van der Waals surface area contributed by atoms with Crippen LogP contribution in [-0.4, -0.2) is 36.8 Å². The van der Waals surface area contributed by atoms with E-state index in [1.165, 1.54) is 11.8 Å². The van der Waals surface area contributed by atoms with Gasteiger partial charge in [0.1, 0.15) is 0 Å². The van der Waals surface area contributed by atoms with Gasteiger partial charge < -0.3 is 9.32 Å². The highest BCUT2D eigenvalue weighted by Crippen LogP contribution is 2.23. The summed E-state index contributed by atoms with van der Waals surface area (Å²) in [5, 5.41) is 0. The molecule has 0 radical (unpaired) electrons. The Kier molecular flexibility index (Phi) is 4.99. The zero-order valence-electron chi connectivity index (χ0n) is 14.5. The van der Waals surface area contributed by atoms with E-state index in [1.807, 2.05) is 12.1 Å². The molecule has 0 spiro atoms. The van der Waals surface area contributed by atoms with E-state index in [0.717, 1.165) is 5.56 Å². The standard InChI is InChI=1S/C19H23NO4S/c1-14(2)16-7-5-15(6-8-16)12-20(17-9-11-25(22,23)13-17)19(21)18-4-3-10-24-18/h3-8,10,14,17H,9,11-13H2,1-2H3/t17-/m1/s1. The van der Waals surface area contributed by atoms with Crippen LogP contribution in [-0.2, 0) is 16.4 Å². The molecule has 1 aromatic heterocycles. The van der Waals surface area contributed by atoms with Crippen LogP contribution in [0.15, 0.2) is 47.1 Å². The second-order valence-electron chi connectivity index (χ2n) is 6.86. The normalized spacial score (nSPS) is 19.2. The molecule has 25 heavy (non-hydrogen) atoms. The lowest BCUT2D eigenvalue weighted by Gasteiger charge is -2.27. The fraction of sp³-hybridized carbons (Fsp3) is 0.421. The summed E-state index contributed by atoms with van der Waals surface area (Å²) in [7, 11) is -3.08. The van der Waals surface area contributed by atoms with Gasteiger partial charge in [-0.3, -0.25) is 4.79 Å². The predicted molar refractivity (Wildman–Crippen MR) is 96.2 cm³/mol. The van der Waals surface area contributed by atoms with Gasteiger partial charge in [0.15, 0.2) is 15.6 Å². The molecule has 1 aliphatic heterocycles. The van der Waals surface area contributed by atoms with Gasteiger partial charge in [0.2, 0.25) is 0 Å². The van der Waals surface area contributed by atoms with Crippen molar-refractivity contribution >= 4 is 15.7 Å². The molecule has 3 rings (SSSR count). The molecule has 1 atom stereocenters. The number of hydrogen-bond donors (Lipinski definition) is 0. The Morgan fingerprint density at radius 1 is 1.24 bits per heavy atom. The van der Waals surface area contributed by atoms with Crippen molar-refractivity contribution in [3.8, 4) is 0 Å². The third-order valence-electron chi connectivity index (χ3n) is 4.64. The highest BCUT2D eigenvalue weighted by molar-refractivity contribution is 7.91. The van der Waals surface area contributed by atoms with Gasteiger partial charge in [0.05, 0.1) is 17.8 Å². The summed E-state index contributed by atoms with van der Waals surface area (Å²) >= 11 is 0. The Labute approximate surface area is 148 Å². The van der Waals surface area contributed by atoms with Gasteiger partial charge >= 0.3 is 0 Å². The van der Waals surface area contributed by atoms with Crippen LogP contribution < -0.4 is 0 Å². The third kappa shape index (κ3) is 4.12. The van der Waals surface area contributed by atoms with E-state index in [9.17, 15) is 13.2 Å². The SMILES string of the molecule is CC(C)c1ccc(CN(C(=O)c2ccco2)[C@@H]2CCS(=O)(=O)C2)cc1. The molecular formula is C19H23NO4S. The van der Waals surface area contributed by atoms with Crippen molar-refractivity contribution in [1.82, 2.24) is 4.90 Å². The molecule has 1 aromatic carbocycles. The summed E-state index contributed by atoms with van der Waals surface area (Å²) in [5.41, 5.74) is 2.21. The summed E-state index contributed by atoms with van der Waals surface area (Å²) in [6.45, 7) is 4.63. The number of rotatable bonds is 5. The van der Waals surface area contributed by atoms with Crippen LogP contribution in [0.5, 0.6) is 0 Å². The van der Waals surface area contributed by atoms with Crippen LogP contribution in [0.25, 0.3) is 0 Å². The lowest BCUT2D eigenvalue weighted by molar-refractivity contribution is 0.0648. The van der Waals surface area contributed by atoms with E-state index in [4.69, 9.17) is 4.42 Å². The number of hydrogen-bond acceptors (Lipinski definition) is 4. The first-order chi connectivity index (χ1) is 11.9. The van der Waals surface area contributed by atoms with Gasteiger partial charge in [0.25, 0.3) is 5.91 Å². The Morgan fingerprint density at radius 2 is 1.96 bits per heavy atom. The molecule has 134 valence electrons. The van der Waals surface area contributed by atoms with E-state index in [-0.39, 0.29) is 29.2 Å². The molecule has 0 N–H and O–H groups in total. The molecule has 2 heterocycles. The Hall–Kier alpha value is -2.08. The molecule has 6 heteroatoms. The van der Waals surface area contributed by atoms with Crippen molar-refractivity contribution < 1.29 is 17.6 Å². The van der Waals surface area contributed by atoms with E-state index >= 15 is 0 Å². The lowest BCUT2D eigenvalue weighted by Crippen LogP contribution is -2.40. The zero-order chi connectivity index (χ0) is 18.0. The maximum absolute atomic E-state index is 12.8. The van der Waals surface area contributed by atoms with E-state index in [1.54, 1.807) is 17.0 Å². The summed E-state index contributed by atoms with van der Waals surface area (Å²) < 4.78 is 29.0. The second-order valence-corrected chi connectivity index (χ2v) is 9.09. The maximum atomic E-state index is 12.8. The van der Waals surface area contributed by atoms with Crippen LogP contribution in [0.4, 0.5) is 0 Å². The molecule has 0 aliphatic carbocycles. The average molecular weight is 361 g/mol. The van der Waals surface area contributed by atoms with E-state index < -0.39 is 9.84 Å². The fourth-order valence-electron chi connectivity index (χ4n) is 3.13. The minimum atomic E-state index is -3.08. The summed E-state index contributed by atoms with van der Waals surface area (Å²) in [6.07, 6.45) is 1.92. The number of benzene rings is 1. The first-order valence-corrected chi connectivity index (χ1v) is 10.3. The van der Waals surface area contributed by atoms with Crippen LogP contribution >= 0.6 is 0 Å². The summed E-state index contributed by atoms with van der Waals surface area (Å²) in [5.74, 6) is 0.563. The minimum absolute atomic E-state index is 0.0174. The Morgan fingerprint density at radius 3 is 2.48 bits per heavy atom. The first kappa shape index (κ1) is 17.7. The van der Waals surface area contributed by atoms with Crippen molar-refractivity contribution in [3.05, 3.63) is 59.5 Å². The van der Waals surface area contributed by atoms with Crippen LogP contribution in [0.1, 0.15) is 47.9 Å². The van der Waals surface area contributed by atoms with Crippen LogP contribution in [0.2, 0.25) is 0 Å².